The zero-order chi connectivity index (χ0) is 10.5. The first-order valence-electron chi connectivity index (χ1n) is 4.53. The summed E-state index contributed by atoms with van der Waals surface area (Å²) in [5, 5.41) is 3.54. The highest BCUT2D eigenvalue weighted by Gasteiger charge is 1.98. The fourth-order valence-corrected chi connectivity index (χ4v) is 1.15. The van der Waals surface area contributed by atoms with Crippen molar-refractivity contribution in [3.8, 4) is 11.5 Å². The molecule has 0 aliphatic rings. The molecular weight excluding hydrogens is 194 g/mol. The lowest BCUT2D eigenvalue weighted by Crippen LogP contribution is -1.94. The van der Waals surface area contributed by atoms with Gasteiger partial charge in [-0.1, -0.05) is 17.3 Å². The molecular formula is C11H11NO3. The topological polar surface area (TPSA) is 44.5 Å². The van der Waals surface area contributed by atoms with Crippen LogP contribution in [0.1, 0.15) is 5.56 Å². The maximum Gasteiger partial charge on any atom is 0.179 e. The molecule has 0 aliphatic carbocycles. The summed E-state index contributed by atoms with van der Waals surface area (Å²) in [6, 6.07) is 7.69. The lowest BCUT2D eigenvalue weighted by molar-refractivity contribution is 0.301. The van der Waals surface area contributed by atoms with Crippen LogP contribution < -0.4 is 9.47 Å². The molecule has 0 amide bonds. The van der Waals surface area contributed by atoms with E-state index in [1.54, 1.807) is 7.11 Å². The molecule has 2 rings (SSSR count). The summed E-state index contributed by atoms with van der Waals surface area (Å²) in [5.74, 6) is 1.47. The Morgan fingerprint density at radius 3 is 2.60 bits per heavy atom. The number of nitrogens with zero attached hydrogens (tertiary/aromatic N) is 1. The Balaban J connectivity index is 1.93. The van der Waals surface area contributed by atoms with Crippen molar-refractivity contribution in [1.29, 1.82) is 0 Å². The van der Waals surface area contributed by atoms with Crippen molar-refractivity contribution in [3.05, 3.63) is 42.3 Å². The van der Waals surface area contributed by atoms with Gasteiger partial charge in [-0.05, 0) is 17.7 Å². The SMILES string of the molecule is COc1ccc(COc2cnoc2)cc1. The molecule has 0 aliphatic heterocycles. The molecule has 0 spiro atoms. The zero-order valence-corrected chi connectivity index (χ0v) is 8.34. The van der Waals surface area contributed by atoms with E-state index in [-0.39, 0.29) is 0 Å². The smallest absolute Gasteiger partial charge is 0.179 e. The molecule has 0 atom stereocenters. The van der Waals surface area contributed by atoms with Crippen molar-refractivity contribution in [1.82, 2.24) is 5.16 Å². The van der Waals surface area contributed by atoms with Crippen molar-refractivity contribution in [2.75, 3.05) is 7.11 Å². The zero-order valence-electron chi connectivity index (χ0n) is 8.34. The van der Waals surface area contributed by atoms with E-state index >= 15 is 0 Å². The summed E-state index contributed by atoms with van der Waals surface area (Å²) in [7, 11) is 1.64. The Bertz CT molecular complexity index is 394. The maximum absolute atomic E-state index is 5.41. The molecule has 78 valence electrons. The molecule has 0 radical (unpaired) electrons. The second-order valence-corrected chi connectivity index (χ2v) is 3.00. The minimum Gasteiger partial charge on any atom is -0.497 e. The van der Waals surface area contributed by atoms with Crippen LogP contribution in [0.2, 0.25) is 0 Å². The van der Waals surface area contributed by atoms with Gasteiger partial charge in [-0.3, -0.25) is 0 Å². The summed E-state index contributed by atoms with van der Waals surface area (Å²) >= 11 is 0. The number of aromatic nitrogens is 1. The van der Waals surface area contributed by atoms with Gasteiger partial charge in [-0.25, -0.2) is 0 Å². The molecule has 2 aromatic rings. The third kappa shape index (κ3) is 2.49. The second kappa shape index (κ2) is 4.50. The number of methoxy groups -OCH3 is 1. The number of hydrogen-bond acceptors (Lipinski definition) is 4. The molecule has 1 heterocycles. The summed E-state index contributed by atoms with van der Waals surface area (Å²) in [4.78, 5) is 0. The molecule has 15 heavy (non-hydrogen) atoms. The van der Waals surface area contributed by atoms with E-state index in [1.807, 2.05) is 24.3 Å². The first kappa shape index (κ1) is 9.58. The minimum atomic E-state index is 0.491. The summed E-state index contributed by atoms with van der Waals surface area (Å²) in [6.45, 7) is 0.491. The maximum atomic E-state index is 5.41. The number of ether oxygens (including phenoxy) is 2. The van der Waals surface area contributed by atoms with E-state index in [9.17, 15) is 0 Å². The van der Waals surface area contributed by atoms with Gasteiger partial charge in [0, 0.05) is 0 Å². The van der Waals surface area contributed by atoms with Crippen LogP contribution in [-0.4, -0.2) is 12.3 Å². The molecule has 0 fully saturated rings. The quantitative estimate of drug-likeness (QED) is 0.768. The molecule has 1 aromatic carbocycles. The highest BCUT2D eigenvalue weighted by Crippen LogP contribution is 2.14. The van der Waals surface area contributed by atoms with Gasteiger partial charge in [0.2, 0.25) is 0 Å². The summed E-state index contributed by atoms with van der Waals surface area (Å²) < 4.78 is 15.1. The van der Waals surface area contributed by atoms with E-state index in [4.69, 9.17) is 9.47 Å². The molecule has 0 N–H and O–H groups in total. The Labute approximate surface area is 87.4 Å². The van der Waals surface area contributed by atoms with Gasteiger partial charge in [-0.15, -0.1) is 0 Å². The average Bonchev–Trinajstić information content (AvgIpc) is 2.80. The summed E-state index contributed by atoms with van der Waals surface area (Å²) in [6.07, 6.45) is 2.99. The predicted molar refractivity (Wildman–Crippen MR) is 53.8 cm³/mol. The highest BCUT2D eigenvalue weighted by molar-refractivity contribution is 5.27. The Hall–Kier alpha value is -1.97. The van der Waals surface area contributed by atoms with Gasteiger partial charge in [0.25, 0.3) is 0 Å². The largest absolute Gasteiger partial charge is 0.497 e. The first-order valence-corrected chi connectivity index (χ1v) is 4.53. The Kier molecular flexibility index (Phi) is 2.88. The van der Waals surface area contributed by atoms with E-state index in [0.29, 0.717) is 12.4 Å². The van der Waals surface area contributed by atoms with E-state index in [0.717, 1.165) is 11.3 Å². The van der Waals surface area contributed by atoms with Gasteiger partial charge in [0.05, 0.1) is 7.11 Å². The van der Waals surface area contributed by atoms with Crippen molar-refractivity contribution < 1.29 is 14.0 Å². The molecule has 4 nitrogen and oxygen atoms in total. The van der Waals surface area contributed by atoms with Crippen molar-refractivity contribution in [2.45, 2.75) is 6.61 Å². The first-order chi connectivity index (χ1) is 7.38. The van der Waals surface area contributed by atoms with Crippen LogP contribution >= 0.6 is 0 Å². The van der Waals surface area contributed by atoms with Crippen LogP contribution in [0.5, 0.6) is 11.5 Å². The number of benzene rings is 1. The van der Waals surface area contributed by atoms with Crippen LogP contribution in [0, 0.1) is 0 Å². The normalized spacial score (nSPS) is 9.93. The molecule has 0 saturated heterocycles. The minimum absolute atomic E-state index is 0.491. The standard InChI is InChI=1S/C11H11NO3/c1-13-10-4-2-9(3-5-10)7-14-11-6-12-15-8-11/h2-6,8H,7H2,1H3. The highest BCUT2D eigenvalue weighted by atomic mass is 16.5. The lowest BCUT2D eigenvalue weighted by Gasteiger charge is -2.04. The predicted octanol–water partition coefficient (Wildman–Crippen LogP) is 2.26. The number of hydrogen-bond donors (Lipinski definition) is 0. The second-order valence-electron chi connectivity index (χ2n) is 3.00. The molecule has 1 aromatic heterocycles. The van der Waals surface area contributed by atoms with Crippen molar-refractivity contribution >= 4 is 0 Å². The van der Waals surface area contributed by atoms with Crippen molar-refractivity contribution in [3.63, 3.8) is 0 Å². The van der Waals surface area contributed by atoms with Gasteiger partial charge in [0.1, 0.15) is 18.6 Å². The van der Waals surface area contributed by atoms with Crippen LogP contribution in [0.15, 0.2) is 41.2 Å². The molecule has 0 unspecified atom stereocenters. The van der Waals surface area contributed by atoms with Crippen LogP contribution in [0.25, 0.3) is 0 Å². The number of rotatable bonds is 4. The average molecular weight is 205 g/mol. The Morgan fingerprint density at radius 1 is 1.20 bits per heavy atom. The third-order valence-electron chi connectivity index (χ3n) is 1.97. The van der Waals surface area contributed by atoms with Crippen LogP contribution in [0.3, 0.4) is 0 Å². The van der Waals surface area contributed by atoms with Crippen LogP contribution in [-0.2, 0) is 6.61 Å². The van der Waals surface area contributed by atoms with Gasteiger partial charge in [-0.2, -0.15) is 0 Å². The monoisotopic (exact) mass is 205 g/mol. The molecule has 0 bridgehead atoms. The third-order valence-corrected chi connectivity index (χ3v) is 1.97. The van der Waals surface area contributed by atoms with Crippen molar-refractivity contribution in [2.24, 2.45) is 0 Å². The van der Waals surface area contributed by atoms with E-state index in [2.05, 4.69) is 9.68 Å². The van der Waals surface area contributed by atoms with Crippen LogP contribution in [0.4, 0.5) is 0 Å². The lowest BCUT2D eigenvalue weighted by atomic mass is 10.2. The fourth-order valence-electron chi connectivity index (χ4n) is 1.15. The Morgan fingerprint density at radius 2 is 2.00 bits per heavy atom. The van der Waals surface area contributed by atoms with E-state index < -0.39 is 0 Å². The van der Waals surface area contributed by atoms with Gasteiger partial charge < -0.3 is 14.0 Å². The van der Waals surface area contributed by atoms with E-state index in [1.165, 1.54) is 12.5 Å². The fraction of sp³-hybridized carbons (Fsp3) is 0.182. The van der Waals surface area contributed by atoms with Gasteiger partial charge >= 0.3 is 0 Å². The molecule has 0 saturated carbocycles. The van der Waals surface area contributed by atoms with Gasteiger partial charge in [0.15, 0.2) is 12.0 Å². The summed E-state index contributed by atoms with van der Waals surface area (Å²) in [5.41, 5.74) is 1.07. The molecule has 4 heteroatoms.